The fourth-order valence-electron chi connectivity index (χ4n) is 2.88. The molecule has 0 bridgehead atoms. The predicted octanol–water partition coefficient (Wildman–Crippen LogP) is 1.14. The van der Waals surface area contributed by atoms with Crippen LogP contribution in [-0.2, 0) is 17.7 Å². The monoisotopic (exact) mass is 379 g/mol. The Balaban J connectivity index is 1.79. The number of aryl methyl sites for hydroxylation is 1. The van der Waals surface area contributed by atoms with Gasteiger partial charge in [-0.1, -0.05) is 20.8 Å². The van der Waals surface area contributed by atoms with E-state index in [0.29, 0.717) is 12.0 Å². The predicted molar refractivity (Wildman–Crippen MR) is 109 cm³/mol. The lowest BCUT2D eigenvalue weighted by atomic mass is 10.1. The zero-order chi connectivity index (χ0) is 19.5. The van der Waals surface area contributed by atoms with Gasteiger partial charge in [-0.05, 0) is 19.3 Å². The van der Waals surface area contributed by atoms with Crippen LogP contribution in [0.5, 0.6) is 0 Å². The first-order valence-corrected chi connectivity index (χ1v) is 10.3. The van der Waals surface area contributed by atoms with Crippen molar-refractivity contribution in [3.05, 3.63) is 12.2 Å². The minimum absolute atomic E-state index is 0.372. The van der Waals surface area contributed by atoms with E-state index in [0.717, 1.165) is 77.1 Å². The summed E-state index contributed by atoms with van der Waals surface area (Å²) in [6, 6.07) is 0.372. The Morgan fingerprint density at radius 2 is 2.04 bits per heavy atom. The lowest BCUT2D eigenvalue weighted by molar-refractivity contribution is 0.0377. The second-order valence-corrected chi connectivity index (χ2v) is 7.44. The minimum Gasteiger partial charge on any atom is -0.379 e. The van der Waals surface area contributed by atoms with Gasteiger partial charge in [0.15, 0.2) is 5.96 Å². The molecule has 2 heterocycles. The number of rotatable bonds is 10. The smallest absolute Gasteiger partial charge is 0.191 e. The largest absolute Gasteiger partial charge is 0.379 e. The Morgan fingerprint density at radius 3 is 2.74 bits per heavy atom. The van der Waals surface area contributed by atoms with E-state index in [2.05, 4.69) is 58.0 Å². The molecule has 0 radical (unpaired) electrons. The number of hydrogen-bond donors (Lipinski definition) is 2. The van der Waals surface area contributed by atoms with E-state index >= 15 is 0 Å². The van der Waals surface area contributed by atoms with Crippen LogP contribution in [0.4, 0.5) is 0 Å². The zero-order valence-corrected chi connectivity index (χ0v) is 17.4. The van der Waals surface area contributed by atoms with E-state index in [1.165, 1.54) is 0 Å². The Hall–Kier alpha value is -1.67. The lowest BCUT2D eigenvalue weighted by Gasteiger charge is -2.26. The maximum absolute atomic E-state index is 5.40. The molecule has 2 N–H and O–H groups in total. The summed E-state index contributed by atoms with van der Waals surface area (Å²) in [5, 5.41) is 15.1. The molecule has 1 saturated heterocycles. The van der Waals surface area contributed by atoms with Crippen LogP contribution >= 0.6 is 0 Å². The summed E-state index contributed by atoms with van der Waals surface area (Å²) >= 11 is 0. The highest BCUT2D eigenvalue weighted by Gasteiger charge is 2.11. The number of hydrogen-bond acceptors (Lipinski definition) is 5. The summed E-state index contributed by atoms with van der Waals surface area (Å²) in [7, 11) is 0. The molecule has 0 aliphatic carbocycles. The Kier molecular flexibility index (Phi) is 9.55. The second kappa shape index (κ2) is 11.9. The molecule has 1 fully saturated rings. The first-order valence-electron chi connectivity index (χ1n) is 10.3. The van der Waals surface area contributed by atoms with Crippen molar-refractivity contribution in [2.24, 2.45) is 10.9 Å². The maximum Gasteiger partial charge on any atom is 0.191 e. The molecule has 0 spiro atoms. The van der Waals surface area contributed by atoms with Crippen LogP contribution in [-0.4, -0.2) is 77.6 Å². The van der Waals surface area contributed by atoms with Gasteiger partial charge in [-0.3, -0.25) is 9.89 Å². The van der Waals surface area contributed by atoms with E-state index in [9.17, 15) is 0 Å². The van der Waals surface area contributed by atoms with Gasteiger partial charge in [0, 0.05) is 51.7 Å². The van der Waals surface area contributed by atoms with Gasteiger partial charge in [0.25, 0.3) is 0 Å². The normalized spacial score (nSPS) is 17.3. The third kappa shape index (κ3) is 7.84. The molecule has 1 unspecified atom stereocenters. The van der Waals surface area contributed by atoms with Crippen molar-refractivity contribution in [3.8, 4) is 0 Å². The van der Waals surface area contributed by atoms with E-state index in [4.69, 9.17) is 9.73 Å². The van der Waals surface area contributed by atoms with Gasteiger partial charge in [-0.25, -0.2) is 0 Å². The molecule has 1 aromatic heterocycles. The highest BCUT2D eigenvalue weighted by atomic mass is 16.5. The summed E-state index contributed by atoms with van der Waals surface area (Å²) in [5.74, 6) is 2.46. The molecule has 0 amide bonds. The minimum atomic E-state index is 0.372. The van der Waals surface area contributed by atoms with Crippen LogP contribution < -0.4 is 10.6 Å². The fourth-order valence-corrected chi connectivity index (χ4v) is 2.88. The maximum atomic E-state index is 5.40. The van der Waals surface area contributed by atoms with Crippen molar-refractivity contribution < 1.29 is 4.74 Å². The Bertz CT molecular complexity index is 552. The first kappa shape index (κ1) is 21.6. The lowest BCUT2D eigenvalue weighted by Crippen LogP contribution is -2.45. The molecule has 1 aliphatic heterocycles. The zero-order valence-electron chi connectivity index (χ0n) is 17.4. The van der Waals surface area contributed by atoms with Crippen molar-refractivity contribution in [3.63, 3.8) is 0 Å². The van der Waals surface area contributed by atoms with Crippen molar-refractivity contribution >= 4 is 5.96 Å². The number of ether oxygens (including phenoxy) is 1. The molecule has 8 nitrogen and oxygen atoms in total. The summed E-state index contributed by atoms with van der Waals surface area (Å²) in [5.41, 5.74) is 0. The standard InChI is InChI=1S/C19H37N7O/c1-5-18-24-22-15-26(18)10-8-21-19(23-17(4)16(2)3)20-7-6-9-25-11-13-27-14-12-25/h15-17H,5-14H2,1-4H3,(H2,20,21,23). The first-order chi connectivity index (χ1) is 13.1. The Morgan fingerprint density at radius 1 is 1.26 bits per heavy atom. The Labute approximate surface area is 163 Å². The average Bonchev–Trinajstić information content (AvgIpc) is 3.13. The molecule has 1 aromatic rings. The summed E-state index contributed by atoms with van der Waals surface area (Å²) in [6.07, 6.45) is 3.75. The quantitative estimate of drug-likeness (QED) is 0.361. The van der Waals surface area contributed by atoms with Crippen molar-refractivity contribution in [1.29, 1.82) is 0 Å². The number of nitrogens with zero attached hydrogens (tertiary/aromatic N) is 5. The van der Waals surface area contributed by atoms with E-state index in [1.54, 1.807) is 6.33 Å². The molecule has 1 aliphatic rings. The molecule has 2 rings (SSSR count). The SMILES string of the molecule is CCc1nncn1CCNC(=NCCCN1CCOCC1)NC(C)C(C)C. The fraction of sp³-hybridized carbons (Fsp3) is 0.842. The molecule has 1 atom stereocenters. The summed E-state index contributed by atoms with van der Waals surface area (Å²) < 4.78 is 7.49. The van der Waals surface area contributed by atoms with Crippen molar-refractivity contribution in [2.75, 3.05) is 45.9 Å². The average molecular weight is 380 g/mol. The number of nitrogens with one attached hydrogen (secondary N) is 2. The highest BCUT2D eigenvalue weighted by Crippen LogP contribution is 2.01. The second-order valence-electron chi connectivity index (χ2n) is 7.44. The van der Waals surface area contributed by atoms with Crippen LogP contribution in [0, 0.1) is 5.92 Å². The third-order valence-corrected chi connectivity index (χ3v) is 5.03. The van der Waals surface area contributed by atoms with Crippen LogP contribution in [0.15, 0.2) is 11.3 Å². The highest BCUT2D eigenvalue weighted by molar-refractivity contribution is 5.80. The van der Waals surface area contributed by atoms with Crippen LogP contribution in [0.3, 0.4) is 0 Å². The van der Waals surface area contributed by atoms with E-state index in [1.807, 2.05) is 0 Å². The van der Waals surface area contributed by atoms with Crippen molar-refractivity contribution in [1.82, 2.24) is 30.3 Å². The van der Waals surface area contributed by atoms with Gasteiger partial charge in [0.1, 0.15) is 12.2 Å². The van der Waals surface area contributed by atoms with Gasteiger partial charge < -0.3 is 19.9 Å². The van der Waals surface area contributed by atoms with E-state index < -0.39 is 0 Å². The van der Waals surface area contributed by atoms with Gasteiger partial charge in [-0.2, -0.15) is 0 Å². The summed E-state index contributed by atoms with van der Waals surface area (Å²) in [6.45, 7) is 16.1. The number of aromatic nitrogens is 3. The van der Waals surface area contributed by atoms with Crippen molar-refractivity contribution in [2.45, 2.75) is 53.1 Å². The molecule has 0 aromatic carbocycles. The molecule has 27 heavy (non-hydrogen) atoms. The van der Waals surface area contributed by atoms with Gasteiger partial charge in [0.2, 0.25) is 0 Å². The summed E-state index contributed by atoms with van der Waals surface area (Å²) in [4.78, 5) is 7.24. The molecule has 154 valence electrons. The number of morpholine rings is 1. The molecular weight excluding hydrogens is 342 g/mol. The van der Waals surface area contributed by atoms with Gasteiger partial charge in [-0.15, -0.1) is 10.2 Å². The van der Waals surface area contributed by atoms with Gasteiger partial charge in [0.05, 0.1) is 13.2 Å². The van der Waals surface area contributed by atoms with Gasteiger partial charge >= 0.3 is 0 Å². The number of aliphatic imine (C=N–C) groups is 1. The van der Waals surface area contributed by atoms with Crippen LogP contribution in [0.2, 0.25) is 0 Å². The topological polar surface area (TPSA) is 79.6 Å². The molecular formula is C19H37N7O. The van der Waals surface area contributed by atoms with E-state index in [-0.39, 0.29) is 0 Å². The van der Waals surface area contributed by atoms with Crippen LogP contribution in [0.25, 0.3) is 0 Å². The molecule has 0 saturated carbocycles. The van der Waals surface area contributed by atoms with Crippen LogP contribution in [0.1, 0.15) is 39.9 Å². The number of guanidine groups is 1. The third-order valence-electron chi connectivity index (χ3n) is 5.03. The molecule has 8 heteroatoms.